The van der Waals surface area contributed by atoms with Crippen molar-refractivity contribution in [2.75, 3.05) is 10.8 Å². The van der Waals surface area contributed by atoms with Crippen molar-refractivity contribution in [3.63, 3.8) is 0 Å². The molecule has 0 aliphatic heterocycles. The minimum atomic E-state index is -0.951. The van der Waals surface area contributed by atoms with Gasteiger partial charge < -0.3 is 10.3 Å². The number of aromatic amines is 1. The van der Waals surface area contributed by atoms with Gasteiger partial charge in [0.1, 0.15) is 11.9 Å². The Balaban J connectivity index is 1.80. The van der Waals surface area contributed by atoms with E-state index in [-0.39, 0.29) is 29.2 Å². The van der Waals surface area contributed by atoms with E-state index in [1.807, 2.05) is 24.3 Å². The van der Waals surface area contributed by atoms with Crippen LogP contribution in [0.1, 0.15) is 70.0 Å². The predicted octanol–water partition coefficient (Wildman–Crippen LogP) is 5.02. The fourth-order valence-electron chi connectivity index (χ4n) is 4.63. The zero-order valence-corrected chi connectivity index (χ0v) is 20.7. The van der Waals surface area contributed by atoms with E-state index in [9.17, 15) is 9.59 Å². The maximum atomic E-state index is 13.8. The van der Waals surface area contributed by atoms with Crippen LogP contribution in [0, 0.1) is 0 Å². The smallest absolute Gasteiger partial charge is 0.248 e. The normalized spacial score (nSPS) is 15.8. The molecule has 1 fully saturated rings. The number of carbonyl (C=O) groups excluding carboxylic acids is 2. The van der Waals surface area contributed by atoms with Crippen LogP contribution in [0.2, 0.25) is 0 Å². The van der Waals surface area contributed by atoms with Crippen LogP contribution in [-0.4, -0.2) is 38.7 Å². The molecular weight excluding hydrogens is 450 g/mol. The van der Waals surface area contributed by atoms with Gasteiger partial charge in [-0.1, -0.05) is 52.2 Å². The molecule has 4 rings (SSSR count). The molecule has 3 aromatic rings. The fourth-order valence-corrected chi connectivity index (χ4v) is 4.76. The van der Waals surface area contributed by atoms with Gasteiger partial charge in [0.2, 0.25) is 11.8 Å². The summed E-state index contributed by atoms with van der Waals surface area (Å²) in [5, 5.41) is 3.20. The maximum absolute atomic E-state index is 13.8. The monoisotopic (exact) mass is 481 g/mol. The first-order valence-electron chi connectivity index (χ1n) is 11.9. The van der Waals surface area contributed by atoms with Crippen molar-refractivity contribution in [1.82, 2.24) is 20.3 Å². The maximum Gasteiger partial charge on any atom is 0.248 e. The minimum absolute atomic E-state index is 0.0395. The molecule has 1 aliphatic rings. The predicted molar refractivity (Wildman–Crippen MR) is 135 cm³/mol. The van der Waals surface area contributed by atoms with E-state index in [1.54, 1.807) is 18.7 Å². The molecule has 2 N–H and O–H groups in total. The number of carbonyl (C=O) groups is 2. The van der Waals surface area contributed by atoms with Gasteiger partial charge in [0.25, 0.3) is 0 Å². The van der Waals surface area contributed by atoms with Crippen LogP contribution in [0.3, 0.4) is 0 Å². The molecule has 1 unspecified atom stereocenters. The number of H-pyrrole nitrogens is 1. The summed E-state index contributed by atoms with van der Waals surface area (Å²) < 4.78 is 0. The number of anilines is 1. The Morgan fingerprint density at radius 2 is 1.85 bits per heavy atom. The number of nitrogens with zero attached hydrogens (tertiary/aromatic N) is 3. The van der Waals surface area contributed by atoms with E-state index in [1.165, 1.54) is 11.3 Å². The number of alkyl halides is 1. The van der Waals surface area contributed by atoms with Crippen molar-refractivity contribution >= 4 is 40.1 Å². The summed E-state index contributed by atoms with van der Waals surface area (Å²) in [6.45, 7) is 6.40. The van der Waals surface area contributed by atoms with Crippen LogP contribution < -0.4 is 10.2 Å². The molecule has 180 valence electrons. The minimum Gasteiger partial charge on any atom is -0.351 e. The number of aromatic nitrogens is 3. The van der Waals surface area contributed by atoms with Gasteiger partial charge >= 0.3 is 0 Å². The summed E-state index contributed by atoms with van der Waals surface area (Å²) in [5.41, 5.74) is 3.57. The number of fused-ring (bicyclic) bond motifs is 1. The lowest BCUT2D eigenvalue weighted by Crippen LogP contribution is -2.47. The number of hydrogen-bond donors (Lipinski definition) is 2. The third-order valence-electron chi connectivity index (χ3n) is 6.51. The van der Waals surface area contributed by atoms with E-state index in [0.717, 1.165) is 31.2 Å². The first-order valence-corrected chi connectivity index (χ1v) is 12.4. The SMILES string of the molecule is CC(C)(C)c1ccc(N(C(=O)CCl)C(C(=O)NC2CCCCC2)c2cncc3[nH]cnc23)cc1. The zero-order valence-electron chi connectivity index (χ0n) is 20.0. The highest BCUT2D eigenvalue weighted by molar-refractivity contribution is 6.30. The molecule has 1 aromatic carbocycles. The Morgan fingerprint density at radius 1 is 1.15 bits per heavy atom. The Bertz CT molecular complexity index is 1150. The second kappa shape index (κ2) is 10.1. The average Bonchev–Trinajstić information content (AvgIpc) is 3.31. The fraction of sp³-hybridized carbons (Fsp3) is 0.462. The summed E-state index contributed by atoms with van der Waals surface area (Å²) in [6.07, 6.45) is 10.1. The second-order valence-electron chi connectivity index (χ2n) is 9.97. The van der Waals surface area contributed by atoms with Crippen molar-refractivity contribution in [3.05, 3.63) is 54.1 Å². The van der Waals surface area contributed by atoms with Gasteiger partial charge in [-0.05, 0) is 36.0 Å². The van der Waals surface area contributed by atoms with Crippen LogP contribution in [-0.2, 0) is 15.0 Å². The summed E-state index contributed by atoms with van der Waals surface area (Å²) >= 11 is 6.07. The van der Waals surface area contributed by atoms with Gasteiger partial charge in [-0.2, -0.15) is 0 Å². The second-order valence-corrected chi connectivity index (χ2v) is 10.2. The third-order valence-corrected chi connectivity index (χ3v) is 6.74. The topological polar surface area (TPSA) is 91.0 Å². The molecular formula is C26H32ClN5O2. The molecule has 0 saturated heterocycles. The molecule has 34 heavy (non-hydrogen) atoms. The van der Waals surface area contributed by atoms with Crippen LogP contribution in [0.15, 0.2) is 43.0 Å². The number of hydrogen-bond acceptors (Lipinski definition) is 4. The molecule has 1 atom stereocenters. The van der Waals surface area contributed by atoms with E-state index >= 15 is 0 Å². The molecule has 2 amide bonds. The summed E-state index contributed by atoms with van der Waals surface area (Å²) in [6, 6.07) is 6.88. The molecule has 0 spiro atoms. The van der Waals surface area contributed by atoms with Gasteiger partial charge in [0, 0.05) is 23.5 Å². The number of amides is 2. The highest BCUT2D eigenvalue weighted by atomic mass is 35.5. The van der Waals surface area contributed by atoms with Crippen molar-refractivity contribution in [2.24, 2.45) is 0 Å². The van der Waals surface area contributed by atoms with Gasteiger partial charge in [-0.3, -0.25) is 19.5 Å². The van der Waals surface area contributed by atoms with E-state index in [2.05, 4.69) is 41.0 Å². The standard InChI is InChI=1S/C26H32ClN5O2/c1-26(2,3)17-9-11-19(12-10-17)32(22(33)13-27)24(25(34)31-18-7-5-4-6-8-18)20-14-28-15-21-23(20)30-16-29-21/h9-12,14-16,18,24H,4-8,13H2,1-3H3,(H,29,30)(H,31,34). The molecule has 0 radical (unpaired) electrons. The molecule has 2 aromatic heterocycles. The van der Waals surface area contributed by atoms with Gasteiger partial charge in [-0.15, -0.1) is 11.6 Å². The van der Waals surface area contributed by atoms with Crippen molar-refractivity contribution < 1.29 is 9.59 Å². The molecule has 7 nitrogen and oxygen atoms in total. The lowest BCUT2D eigenvalue weighted by atomic mass is 9.87. The lowest BCUT2D eigenvalue weighted by Gasteiger charge is -2.33. The Morgan fingerprint density at radius 3 is 2.50 bits per heavy atom. The number of imidazole rings is 1. The first kappa shape index (κ1) is 24.2. The van der Waals surface area contributed by atoms with Crippen LogP contribution in [0.5, 0.6) is 0 Å². The number of halogens is 1. The Hall–Kier alpha value is -2.93. The van der Waals surface area contributed by atoms with Crippen molar-refractivity contribution in [3.8, 4) is 0 Å². The Labute approximate surface area is 205 Å². The van der Waals surface area contributed by atoms with Crippen LogP contribution >= 0.6 is 11.6 Å². The summed E-state index contributed by atoms with van der Waals surface area (Å²) in [7, 11) is 0. The molecule has 1 saturated carbocycles. The summed E-state index contributed by atoms with van der Waals surface area (Å²) in [4.78, 5) is 40.4. The van der Waals surface area contributed by atoms with Crippen molar-refractivity contribution in [2.45, 2.75) is 70.4 Å². The third kappa shape index (κ3) is 5.09. The van der Waals surface area contributed by atoms with Crippen LogP contribution in [0.4, 0.5) is 5.69 Å². The lowest BCUT2D eigenvalue weighted by molar-refractivity contribution is -0.126. The van der Waals surface area contributed by atoms with Crippen LogP contribution in [0.25, 0.3) is 11.0 Å². The van der Waals surface area contributed by atoms with Gasteiger partial charge in [0.15, 0.2) is 0 Å². The Kier molecular flexibility index (Phi) is 7.22. The quantitative estimate of drug-likeness (QED) is 0.484. The largest absolute Gasteiger partial charge is 0.351 e. The van der Waals surface area contributed by atoms with E-state index in [0.29, 0.717) is 22.3 Å². The van der Waals surface area contributed by atoms with E-state index in [4.69, 9.17) is 11.6 Å². The number of pyridine rings is 1. The molecule has 2 heterocycles. The van der Waals surface area contributed by atoms with Gasteiger partial charge in [-0.25, -0.2) is 4.98 Å². The molecule has 0 bridgehead atoms. The van der Waals surface area contributed by atoms with E-state index < -0.39 is 6.04 Å². The highest BCUT2D eigenvalue weighted by Gasteiger charge is 2.35. The average molecular weight is 482 g/mol. The van der Waals surface area contributed by atoms with Gasteiger partial charge in [0.05, 0.1) is 23.6 Å². The molecule has 1 aliphatic carbocycles. The van der Waals surface area contributed by atoms with Crippen molar-refractivity contribution in [1.29, 1.82) is 0 Å². The number of nitrogens with one attached hydrogen (secondary N) is 2. The number of benzene rings is 1. The first-order chi connectivity index (χ1) is 16.3. The number of rotatable bonds is 6. The highest BCUT2D eigenvalue weighted by Crippen LogP contribution is 2.33. The zero-order chi connectivity index (χ0) is 24.3. The molecule has 8 heteroatoms. The summed E-state index contributed by atoms with van der Waals surface area (Å²) in [5.74, 6) is -0.859.